The van der Waals surface area contributed by atoms with E-state index in [1.165, 1.54) is 33.3 Å². The van der Waals surface area contributed by atoms with Crippen molar-refractivity contribution in [1.29, 1.82) is 0 Å². The highest BCUT2D eigenvalue weighted by Gasteiger charge is 2.31. The number of non-ortho nitro benzene ring substituents is 1. The van der Waals surface area contributed by atoms with Gasteiger partial charge in [0.1, 0.15) is 17.5 Å². The van der Waals surface area contributed by atoms with E-state index in [4.69, 9.17) is 9.47 Å². The zero-order valence-corrected chi connectivity index (χ0v) is 18.0. The maximum atomic E-state index is 12.9. The number of nitro benzene ring substituents is 1. The molecule has 0 fully saturated rings. The molecule has 0 heterocycles. The highest BCUT2D eigenvalue weighted by molar-refractivity contribution is 7.92. The van der Waals surface area contributed by atoms with Crippen molar-refractivity contribution < 1.29 is 27.6 Å². The number of hydrogen-bond acceptors (Lipinski definition) is 7. The third-order valence-corrected chi connectivity index (χ3v) is 5.62. The van der Waals surface area contributed by atoms with Crippen LogP contribution in [0.3, 0.4) is 0 Å². The third kappa shape index (κ3) is 4.98. The minimum atomic E-state index is -3.95. The van der Waals surface area contributed by atoms with Gasteiger partial charge in [0.15, 0.2) is 0 Å². The van der Waals surface area contributed by atoms with Crippen LogP contribution in [0.5, 0.6) is 11.5 Å². The van der Waals surface area contributed by atoms with E-state index in [0.29, 0.717) is 22.7 Å². The Labute approximate surface area is 174 Å². The molecular weight excluding hydrogens is 414 g/mol. The summed E-state index contributed by atoms with van der Waals surface area (Å²) in [5, 5.41) is 13.8. The number of carbonyl (C=O) groups excluding carboxylic acids is 1. The summed E-state index contributed by atoms with van der Waals surface area (Å²) in [7, 11) is -1.04. The molecule has 0 aromatic heterocycles. The van der Waals surface area contributed by atoms with Gasteiger partial charge >= 0.3 is 0 Å². The molecule has 0 bridgehead atoms. The molecule has 0 unspecified atom stereocenters. The normalized spacial score (nSPS) is 12.0. The molecule has 0 aliphatic rings. The Hall–Kier alpha value is -3.34. The fourth-order valence-electron chi connectivity index (χ4n) is 2.87. The molecule has 11 heteroatoms. The van der Waals surface area contributed by atoms with Crippen LogP contribution >= 0.6 is 0 Å². The Morgan fingerprint density at radius 2 is 1.83 bits per heavy atom. The lowest BCUT2D eigenvalue weighted by Gasteiger charge is -2.29. The lowest BCUT2D eigenvalue weighted by molar-refractivity contribution is -0.384. The molecule has 0 aliphatic carbocycles. The van der Waals surface area contributed by atoms with Crippen molar-refractivity contribution in [2.45, 2.75) is 19.9 Å². The number of rotatable bonds is 8. The Morgan fingerprint density at radius 3 is 2.37 bits per heavy atom. The molecular formula is C19H23N3O7S. The summed E-state index contributed by atoms with van der Waals surface area (Å²) in [5.41, 5.74) is 0.553. The lowest BCUT2D eigenvalue weighted by Crippen LogP contribution is -2.45. The molecule has 1 N–H and O–H groups in total. The van der Waals surface area contributed by atoms with Gasteiger partial charge in [-0.1, -0.05) is 6.07 Å². The molecule has 1 atom stereocenters. The van der Waals surface area contributed by atoms with Crippen molar-refractivity contribution in [2.24, 2.45) is 0 Å². The smallest absolute Gasteiger partial charge is 0.271 e. The number of aryl methyl sites for hydroxylation is 1. The first-order valence-corrected chi connectivity index (χ1v) is 10.6. The van der Waals surface area contributed by atoms with E-state index in [1.807, 2.05) is 0 Å². The van der Waals surface area contributed by atoms with Crippen LogP contribution in [-0.2, 0) is 14.8 Å². The summed E-state index contributed by atoms with van der Waals surface area (Å²) in [6.45, 7) is 3.00. The first-order chi connectivity index (χ1) is 14.0. The van der Waals surface area contributed by atoms with E-state index >= 15 is 0 Å². The number of methoxy groups -OCH3 is 2. The van der Waals surface area contributed by atoms with E-state index in [1.54, 1.807) is 25.1 Å². The molecule has 162 valence electrons. The van der Waals surface area contributed by atoms with E-state index in [0.717, 1.165) is 16.6 Å². The molecule has 0 spiro atoms. The van der Waals surface area contributed by atoms with Crippen LogP contribution in [0.1, 0.15) is 12.5 Å². The molecule has 0 saturated heterocycles. The van der Waals surface area contributed by atoms with Crippen molar-refractivity contribution >= 4 is 33.0 Å². The van der Waals surface area contributed by atoms with Crippen LogP contribution in [0, 0.1) is 17.0 Å². The lowest BCUT2D eigenvalue weighted by atomic mass is 10.1. The van der Waals surface area contributed by atoms with Crippen LogP contribution < -0.4 is 19.1 Å². The highest BCUT2D eigenvalue weighted by Crippen LogP contribution is 2.32. The number of ether oxygens (including phenoxy) is 2. The number of nitrogens with zero attached hydrogens (tertiary/aromatic N) is 2. The minimum Gasteiger partial charge on any atom is -0.497 e. The summed E-state index contributed by atoms with van der Waals surface area (Å²) in [6.07, 6.45) is 0.934. The number of nitrogens with one attached hydrogen (secondary N) is 1. The Bertz CT molecular complexity index is 1070. The first-order valence-electron chi connectivity index (χ1n) is 8.77. The molecule has 1 amide bonds. The van der Waals surface area contributed by atoms with Gasteiger partial charge in [0.25, 0.3) is 5.69 Å². The zero-order valence-electron chi connectivity index (χ0n) is 17.2. The van der Waals surface area contributed by atoms with Crippen LogP contribution in [-0.4, -0.2) is 45.8 Å². The van der Waals surface area contributed by atoms with E-state index in [2.05, 4.69) is 5.32 Å². The van der Waals surface area contributed by atoms with E-state index in [-0.39, 0.29) is 11.4 Å². The number of nitro groups is 1. The molecule has 2 rings (SSSR count). The van der Waals surface area contributed by atoms with Gasteiger partial charge in [0.05, 0.1) is 36.8 Å². The predicted octanol–water partition coefficient (Wildman–Crippen LogP) is 2.71. The van der Waals surface area contributed by atoms with Crippen LogP contribution in [0.25, 0.3) is 0 Å². The van der Waals surface area contributed by atoms with Crippen molar-refractivity contribution in [3.8, 4) is 11.5 Å². The van der Waals surface area contributed by atoms with Gasteiger partial charge in [-0.15, -0.1) is 0 Å². The first kappa shape index (κ1) is 22.9. The molecule has 0 aliphatic heterocycles. The monoisotopic (exact) mass is 437 g/mol. The fraction of sp³-hybridized carbons (Fsp3) is 0.316. The van der Waals surface area contributed by atoms with Crippen LogP contribution in [0.2, 0.25) is 0 Å². The summed E-state index contributed by atoms with van der Waals surface area (Å²) in [6, 6.07) is 7.38. The minimum absolute atomic E-state index is 0.0519. The second-order valence-corrected chi connectivity index (χ2v) is 8.38. The molecule has 0 saturated carbocycles. The average Bonchev–Trinajstić information content (AvgIpc) is 2.68. The maximum absolute atomic E-state index is 12.9. The summed E-state index contributed by atoms with van der Waals surface area (Å²) >= 11 is 0. The molecule has 0 radical (unpaired) electrons. The maximum Gasteiger partial charge on any atom is 0.271 e. The van der Waals surface area contributed by atoms with E-state index < -0.39 is 26.9 Å². The largest absolute Gasteiger partial charge is 0.497 e. The van der Waals surface area contributed by atoms with Crippen LogP contribution in [0.4, 0.5) is 17.1 Å². The van der Waals surface area contributed by atoms with Crippen molar-refractivity contribution in [2.75, 3.05) is 30.1 Å². The number of carbonyl (C=O) groups is 1. The number of anilines is 2. The third-order valence-electron chi connectivity index (χ3n) is 4.40. The number of sulfonamides is 1. The molecule has 2 aromatic rings. The van der Waals surface area contributed by atoms with Crippen molar-refractivity contribution in [3.05, 3.63) is 52.1 Å². The summed E-state index contributed by atoms with van der Waals surface area (Å²) in [4.78, 5) is 23.4. The van der Waals surface area contributed by atoms with Crippen molar-refractivity contribution in [3.63, 3.8) is 0 Å². The SMILES string of the molecule is COc1ccc(NC(=O)[C@@H](C)N(c2cc([N+](=O)[O-])ccc2C)S(C)(=O)=O)c(OC)c1. The van der Waals surface area contributed by atoms with Gasteiger partial charge in [-0.3, -0.25) is 19.2 Å². The van der Waals surface area contributed by atoms with E-state index in [9.17, 15) is 23.3 Å². The predicted molar refractivity (Wildman–Crippen MR) is 113 cm³/mol. The van der Waals surface area contributed by atoms with Gasteiger partial charge < -0.3 is 14.8 Å². The second-order valence-electron chi connectivity index (χ2n) is 6.52. The number of amides is 1. The zero-order chi connectivity index (χ0) is 22.6. The number of hydrogen-bond donors (Lipinski definition) is 1. The standard InChI is InChI=1S/C19H23N3O7S/c1-12-6-7-14(22(24)25)10-17(12)21(30(5,26)27)13(2)19(23)20-16-9-8-15(28-3)11-18(16)29-4/h6-11,13H,1-5H3,(H,20,23)/t13-/m1/s1. The van der Waals surface area contributed by atoms with Crippen LogP contribution in [0.15, 0.2) is 36.4 Å². The molecule has 30 heavy (non-hydrogen) atoms. The van der Waals surface area contributed by atoms with Gasteiger partial charge in [-0.2, -0.15) is 0 Å². The molecule has 2 aromatic carbocycles. The quantitative estimate of drug-likeness (QED) is 0.497. The Balaban J connectivity index is 2.44. The number of benzene rings is 2. The Kier molecular flexibility index (Phi) is 6.88. The average molecular weight is 437 g/mol. The van der Waals surface area contributed by atoms with Gasteiger partial charge in [-0.05, 0) is 31.5 Å². The van der Waals surface area contributed by atoms with Gasteiger partial charge in [0, 0.05) is 18.2 Å². The topological polar surface area (TPSA) is 128 Å². The van der Waals surface area contributed by atoms with Crippen molar-refractivity contribution in [1.82, 2.24) is 0 Å². The van der Waals surface area contributed by atoms with Gasteiger partial charge in [-0.25, -0.2) is 8.42 Å². The molecule has 10 nitrogen and oxygen atoms in total. The Morgan fingerprint density at radius 1 is 1.17 bits per heavy atom. The summed E-state index contributed by atoms with van der Waals surface area (Å²) < 4.78 is 36.2. The summed E-state index contributed by atoms with van der Waals surface area (Å²) in [5.74, 6) is 0.199. The van der Waals surface area contributed by atoms with Gasteiger partial charge in [0.2, 0.25) is 15.9 Å². The fourth-order valence-corrected chi connectivity index (χ4v) is 4.09. The highest BCUT2D eigenvalue weighted by atomic mass is 32.2. The second kappa shape index (κ2) is 8.99.